The third-order valence-electron chi connectivity index (χ3n) is 3.10. The molecular formula is C14H23N5O. The fourth-order valence-corrected chi connectivity index (χ4v) is 2.04. The van der Waals surface area contributed by atoms with Crippen LogP contribution in [0.5, 0.6) is 0 Å². The molecule has 0 radical (unpaired) electrons. The van der Waals surface area contributed by atoms with E-state index in [-0.39, 0.29) is 11.3 Å². The maximum atomic E-state index is 11.5. The minimum Gasteiger partial charge on any atom is -0.370 e. The van der Waals surface area contributed by atoms with E-state index in [1.807, 2.05) is 17.9 Å². The van der Waals surface area contributed by atoms with Gasteiger partial charge in [0.15, 0.2) is 0 Å². The number of anilines is 2. The van der Waals surface area contributed by atoms with Crippen molar-refractivity contribution in [3.8, 4) is 0 Å². The minimum absolute atomic E-state index is 0.0390. The number of piperazine rings is 1. The lowest BCUT2D eigenvalue weighted by molar-refractivity contribution is -0.120. The highest BCUT2D eigenvalue weighted by molar-refractivity contribution is 5.82. The van der Waals surface area contributed by atoms with Gasteiger partial charge in [-0.15, -0.1) is 0 Å². The van der Waals surface area contributed by atoms with Crippen LogP contribution in [0.15, 0.2) is 6.07 Å². The summed E-state index contributed by atoms with van der Waals surface area (Å²) in [6.07, 6.45) is 0. The molecule has 1 aromatic rings. The number of rotatable bonds is 3. The lowest BCUT2D eigenvalue weighted by Crippen LogP contribution is -2.48. The van der Waals surface area contributed by atoms with Gasteiger partial charge in [-0.2, -0.15) is 0 Å². The van der Waals surface area contributed by atoms with Crippen molar-refractivity contribution in [3.63, 3.8) is 0 Å². The Morgan fingerprint density at radius 2 is 2.15 bits per heavy atom. The van der Waals surface area contributed by atoms with Gasteiger partial charge in [0.1, 0.15) is 17.5 Å². The molecule has 20 heavy (non-hydrogen) atoms. The summed E-state index contributed by atoms with van der Waals surface area (Å²) in [5, 5.41) is 6.06. The maximum absolute atomic E-state index is 11.5. The summed E-state index contributed by atoms with van der Waals surface area (Å²) in [4.78, 5) is 22.7. The number of nitrogens with one attached hydrogen (secondary N) is 2. The molecule has 0 spiro atoms. The fraction of sp³-hybridized carbons (Fsp3) is 0.643. The summed E-state index contributed by atoms with van der Waals surface area (Å²) in [5.41, 5.74) is -0.127. The topological polar surface area (TPSA) is 70.2 Å². The molecule has 0 atom stereocenters. The second-order valence-corrected chi connectivity index (χ2v) is 5.99. The lowest BCUT2D eigenvalue weighted by atomic mass is 9.96. The molecule has 0 aromatic carbocycles. The van der Waals surface area contributed by atoms with Gasteiger partial charge in [0, 0.05) is 31.1 Å². The highest BCUT2D eigenvalue weighted by Gasteiger charge is 2.23. The zero-order valence-corrected chi connectivity index (χ0v) is 12.7. The van der Waals surface area contributed by atoms with Crippen molar-refractivity contribution in [3.05, 3.63) is 11.9 Å². The van der Waals surface area contributed by atoms with Gasteiger partial charge in [0.2, 0.25) is 5.91 Å². The molecule has 6 heteroatoms. The molecule has 1 saturated heterocycles. The van der Waals surface area contributed by atoms with E-state index in [1.165, 1.54) is 0 Å². The second-order valence-electron chi connectivity index (χ2n) is 5.99. The van der Waals surface area contributed by atoms with Gasteiger partial charge in [-0.1, -0.05) is 20.8 Å². The maximum Gasteiger partial charge on any atom is 0.239 e. The Kier molecular flexibility index (Phi) is 4.11. The lowest BCUT2D eigenvalue weighted by Gasteiger charge is -2.29. The molecule has 0 saturated carbocycles. The number of carbonyl (C=O) groups is 1. The van der Waals surface area contributed by atoms with Crippen LogP contribution < -0.4 is 15.5 Å². The van der Waals surface area contributed by atoms with Crippen molar-refractivity contribution in [2.24, 2.45) is 0 Å². The highest BCUT2D eigenvalue weighted by atomic mass is 16.2. The summed E-state index contributed by atoms with van der Waals surface area (Å²) >= 11 is 0. The average Bonchev–Trinajstić information content (AvgIpc) is 2.38. The van der Waals surface area contributed by atoms with Crippen molar-refractivity contribution >= 4 is 17.5 Å². The molecule has 2 N–H and O–H groups in total. The van der Waals surface area contributed by atoms with Crippen LogP contribution in [-0.2, 0) is 10.2 Å². The molecule has 2 heterocycles. The molecule has 1 amide bonds. The summed E-state index contributed by atoms with van der Waals surface area (Å²) < 4.78 is 0. The average molecular weight is 277 g/mol. The van der Waals surface area contributed by atoms with E-state index in [2.05, 4.69) is 41.4 Å². The number of carbonyl (C=O) groups excluding carboxylic acids is 1. The van der Waals surface area contributed by atoms with Gasteiger partial charge in [0.05, 0.1) is 6.54 Å². The van der Waals surface area contributed by atoms with E-state index in [1.54, 1.807) is 0 Å². The molecule has 1 aliphatic heterocycles. The van der Waals surface area contributed by atoms with Crippen LogP contribution in [0, 0.1) is 0 Å². The SMILES string of the molecule is CCNc1cc(N2CCNC(=O)C2)nc(C(C)(C)C)n1. The van der Waals surface area contributed by atoms with E-state index in [0.29, 0.717) is 13.1 Å². The van der Waals surface area contributed by atoms with Gasteiger partial charge in [0.25, 0.3) is 0 Å². The summed E-state index contributed by atoms with van der Waals surface area (Å²) in [6.45, 7) is 10.9. The first-order chi connectivity index (χ1) is 9.40. The molecule has 2 rings (SSSR count). The van der Waals surface area contributed by atoms with E-state index in [4.69, 9.17) is 0 Å². The number of hydrogen-bond acceptors (Lipinski definition) is 5. The van der Waals surface area contributed by atoms with Crippen molar-refractivity contribution in [2.75, 3.05) is 36.4 Å². The molecule has 1 aliphatic rings. The first-order valence-corrected chi connectivity index (χ1v) is 7.05. The number of aromatic nitrogens is 2. The highest BCUT2D eigenvalue weighted by Crippen LogP contribution is 2.24. The van der Waals surface area contributed by atoms with Gasteiger partial charge < -0.3 is 15.5 Å². The second kappa shape index (κ2) is 5.64. The predicted molar refractivity (Wildman–Crippen MR) is 80.1 cm³/mol. The van der Waals surface area contributed by atoms with Crippen molar-refractivity contribution in [1.82, 2.24) is 15.3 Å². The summed E-state index contributed by atoms with van der Waals surface area (Å²) in [6, 6.07) is 1.91. The van der Waals surface area contributed by atoms with Crippen LogP contribution >= 0.6 is 0 Å². The van der Waals surface area contributed by atoms with E-state index in [0.717, 1.165) is 30.5 Å². The van der Waals surface area contributed by atoms with E-state index >= 15 is 0 Å². The van der Waals surface area contributed by atoms with Crippen LogP contribution in [0.2, 0.25) is 0 Å². The van der Waals surface area contributed by atoms with Gasteiger partial charge in [-0.3, -0.25) is 4.79 Å². The Labute approximate surface area is 120 Å². The first-order valence-electron chi connectivity index (χ1n) is 7.05. The predicted octanol–water partition coefficient (Wildman–Crippen LogP) is 1.14. The van der Waals surface area contributed by atoms with E-state index in [9.17, 15) is 4.79 Å². The fourth-order valence-electron chi connectivity index (χ4n) is 2.04. The minimum atomic E-state index is -0.127. The van der Waals surface area contributed by atoms with E-state index < -0.39 is 0 Å². The summed E-state index contributed by atoms with van der Waals surface area (Å²) in [5.74, 6) is 2.46. The van der Waals surface area contributed by atoms with Gasteiger partial charge in [-0.05, 0) is 6.92 Å². The normalized spacial score (nSPS) is 16.0. The zero-order chi connectivity index (χ0) is 14.8. The molecule has 6 nitrogen and oxygen atoms in total. The van der Waals surface area contributed by atoms with Crippen LogP contribution in [0.25, 0.3) is 0 Å². The van der Waals surface area contributed by atoms with Crippen molar-refractivity contribution < 1.29 is 4.79 Å². The Morgan fingerprint density at radius 1 is 1.40 bits per heavy atom. The molecule has 1 aromatic heterocycles. The third-order valence-corrected chi connectivity index (χ3v) is 3.10. The largest absolute Gasteiger partial charge is 0.370 e. The number of amides is 1. The van der Waals surface area contributed by atoms with Crippen molar-refractivity contribution in [1.29, 1.82) is 0 Å². The molecule has 0 aliphatic carbocycles. The Hall–Kier alpha value is -1.85. The smallest absolute Gasteiger partial charge is 0.239 e. The number of hydrogen-bond donors (Lipinski definition) is 2. The summed E-state index contributed by atoms with van der Waals surface area (Å²) in [7, 11) is 0. The zero-order valence-electron chi connectivity index (χ0n) is 12.7. The van der Waals surface area contributed by atoms with Crippen LogP contribution in [0.1, 0.15) is 33.5 Å². The van der Waals surface area contributed by atoms with Crippen LogP contribution in [0.4, 0.5) is 11.6 Å². The van der Waals surface area contributed by atoms with Crippen LogP contribution in [0.3, 0.4) is 0 Å². The number of nitrogens with zero attached hydrogens (tertiary/aromatic N) is 3. The molecule has 110 valence electrons. The quantitative estimate of drug-likeness (QED) is 0.867. The van der Waals surface area contributed by atoms with Gasteiger partial charge >= 0.3 is 0 Å². The Morgan fingerprint density at radius 3 is 2.75 bits per heavy atom. The van der Waals surface area contributed by atoms with Crippen LogP contribution in [-0.4, -0.2) is 42.1 Å². The molecule has 1 fully saturated rings. The first kappa shape index (κ1) is 14.6. The monoisotopic (exact) mass is 277 g/mol. The molecule has 0 bridgehead atoms. The Balaban J connectivity index is 2.35. The molecular weight excluding hydrogens is 254 g/mol. The van der Waals surface area contributed by atoms with Crippen molar-refractivity contribution in [2.45, 2.75) is 33.1 Å². The van der Waals surface area contributed by atoms with Gasteiger partial charge in [-0.25, -0.2) is 9.97 Å². The standard InChI is InChI=1S/C14H23N5O/c1-5-15-10-8-11(18-13(17-10)14(2,3)4)19-7-6-16-12(20)9-19/h8H,5-7,9H2,1-4H3,(H,16,20)(H,15,17,18). The third kappa shape index (κ3) is 3.37. The Bertz CT molecular complexity index is 495. The molecule has 0 unspecified atom stereocenters.